The topological polar surface area (TPSA) is 83.6 Å². The molecule has 0 amide bonds. The molecular formula is C25H21F2N5OS. The summed E-state index contributed by atoms with van der Waals surface area (Å²) >= 11 is 1.13. The van der Waals surface area contributed by atoms with Crippen molar-refractivity contribution < 1.29 is 13.6 Å². The molecule has 0 aliphatic carbocycles. The van der Waals surface area contributed by atoms with Crippen LogP contribution >= 0.6 is 11.7 Å². The molecule has 0 aliphatic heterocycles. The van der Waals surface area contributed by atoms with Crippen LogP contribution in [0.4, 0.5) is 14.5 Å². The van der Waals surface area contributed by atoms with Crippen molar-refractivity contribution in [3.63, 3.8) is 0 Å². The fourth-order valence-electron chi connectivity index (χ4n) is 3.94. The van der Waals surface area contributed by atoms with Crippen molar-refractivity contribution in [3.8, 4) is 11.1 Å². The molecule has 0 saturated heterocycles. The van der Waals surface area contributed by atoms with Gasteiger partial charge < -0.3 is 10.3 Å². The summed E-state index contributed by atoms with van der Waals surface area (Å²) in [6, 6.07) is 9.89. The molecule has 0 atom stereocenters. The van der Waals surface area contributed by atoms with Crippen molar-refractivity contribution in [3.05, 3.63) is 71.6 Å². The number of unbranched alkanes of at least 4 members (excludes halogenated alkanes) is 2. The second-order valence-corrected chi connectivity index (χ2v) is 8.57. The number of aromatic nitrogens is 4. The molecule has 3 aromatic heterocycles. The van der Waals surface area contributed by atoms with Gasteiger partial charge >= 0.3 is 0 Å². The monoisotopic (exact) mass is 477 g/mol. The number of hydrogen-bond donors (Lipinski definition) is 2. The minimum absolute atomic E-state index is 0.115. The summed E-state index contributed by atoms with van der Waals surface area (Å²) in [5, 5.41) is 3.46. The first-order valence-corrected chi connectivity index (χ1v) is 11.8. The number of carbonyl (C=O) groups is 1. The lowest BCUT2D eigenvalue weighted by molar-refractivity contribution is 0.103. The fraction of sp³-hybridized carbons (Fsp3) is 0.200. The van der Waals surface area contributed by atoms with E-state index in [1.807, 2.05) is 18.2 Å². The lowest BCUT2D eigenvalue weighted by Crippen LogP contribution is -2.11. The lowest BCUT2D eigenvalue weighted by atomic mass is 9.99. The number of rotatable bonds is 8. The first-order valence-electron chi connectivity index (χ1n) is 11.0. The van der Waals surface area contributed by atoms with E-state index in [9.17, 15) is 9.18 Å². The second kappa shape index (κ2) is 9.26. The number of hydrogen-bond acceptors (Lipinski definition) is 6. The Morgan fingerprint density at radius 1 is 1.06 bits per heavy atom. The molecular weight excluding hydrogens is 456 g/mol. The van der Waals surface area contributed by atoms with Crippen LogP contribution in [0.15, 0.2) is 48.8 Å². The number of nitrogens with zero attached hydrogens (tertiary/aromatic N) is 3. The highest BCUT2D eigenvalue weighted by atomic mass is 32.1. The van der Waals surface area contributed by atoms with Crippen molar-refractivity contribution in [2.45, 2.75) is 26.2 Å². The van der Waals surface area contributed by atoms with E-state index in [2.05, 4.69) is 31.0 Å². The molecule has 2 N–H and O–H groups in total. The van der Waals surface area contributed by atoms with E-state index in [4.69, 9.17) is 0 Å². The SMILES string of the molecule is CCCCCNc1ccc(F)c(C(=O)c2c[nH]c3ncc(-c4ccc5nsnc5c4)cc23)c1F. The molecule has 34 heavy (non-hydrogen) atoms. The maximum atomic E-state index is 15.2. The molecule has 0 saturated carbocycles. The molecule has 0 spiro atoms. The molecule has 9 heteroatoms. The van der Waals surface area contributed by atoms with Gasteiger partial charge in [0.25, 0.3) is 0 Å². The van der Waals surface area contributed by atoms with Crippen LogP contribution in [-0.2, 0) is 0 Å². The Morgan fingerprint density at radius 3 is 2.76 bits per heavy atom. The zero-order valence-electron chi connectivity index (χ0n) is 18.4. The molecule has 5 aromatic rings. The normalized spacial score (nSPS) is 11.4. The van der Waals surface area contributed by atoms with E-state index in [1.54, 1.807) is 12.3 Å². The van der Waals surface area contributed by atoms with Gasteiger partial charge in [0.2, 0.25) is 5.78 Å². The summed E-state index contributed by atoms with van der Waals surface area (Å²) < 4.78 is 38.3. The van der Waals surface area contributed by atoms with E-state index in [0.717, 1.165) is 59.2 Å². The number of H-pyrrole nitrogens is 1. The molecule has 0 radical (unpaired) electrons. The van der Waals surface area contributed by atoms with Gasteiger partial charge in [-0.05, 0) is 42.3 Å². The minimum Gasteiger partial charge on any atom is -0.383 e. The van der Waals surface area contributed by atoms with Crippen LogP contribution < -0.4 is 5.32 Å². The number of carbonyl (C=O) groups excluding carboxylic acids is 1. The zero-order valence-corrected chi connectivity index (χ0v) is 19.2. The third-order valence-corrected chi connectivity index (χ3v) is 6.33. The van der Waals surface area contributed by atoms with Crippen LogP contribution in [-0.4, -0.2) is 31.0 Å². The van der Waals surface area contributed by atoms with E-state index >= 15 is 4.39 Å². The van der Waals surface area contributed by atoms with Crippen molar-refractivity contribution in [1.29, 1.82) is 0 Å². The van der Waals surface area contributed by atoms with Gasteiger partial charge in [0, 0.05) is 35.5 Å². The number of halogens is 2. The van der Waals surface area contributed by atoms with Gasteiger partial charge in [-0.2, -0.15) is 8.75 Å². The molecule has 3 heterocycles. The quantitative estimate of drug-likeness (QED) is 0.201. The Kier molecular flexibility index (Phi) is 6.02. The largest absolute Gasteiger partial charge is 0.383 e. The fourth-order valence-corrected chi connectivity index (χ4v) is 4.46. The average Bonchev–Trinajstić information content (AvgIpc) is 3.49. The number of benzene rings is 2. The molecule has 6 nitrogen and oxygen atoms in total. The molecule has 0 fully saturated rings. The van der Waals surface area contributed by atoms with Gasteiger partial charge in [-0.25, -0.2) is 13.8 Å². The summed E-state index contributed by atoms with van der Waals surface area (Å²) in [5.74, 6) is -2.53. The first kappa shape index (κ1) is 22.1. The molecule has 0 aliphatic rings. The maximum absolute atomic E-state index is 15.2. The summed E-state index contributed by atoms with van der Waals surface area (Å²) in [5.41, 5.74) is 3.31. The van der Waals surface area contributed by atoms with Crippen LogP contribution in [0.1, 0.15) is 42.1 Å². The van der Waals surface area contributed by atoms with Crippen LogP contribution in [0.2, 0.25) is 0 Å². The van der Waals surface area contributed by atoms with E-state index in [0.29, 0.717) is 17.6 Å². The molecule has 172 valence electrons. The summed E-state index contributed by atoms with van der Waals surface area (Å²) in [4.78, 5) is 20.6. The van der Waals surface area contributed by atoms with E-state index in [-0.39, 0.29) is 11.3 Å². The van der Waals surface area contributed by atoms with Crippen molar-refractivity contribution in [1.82, 2.24) is 18.7 Å². The van der Waals surface area contributed by atoms with Gasteiger partial charge in [0.05, 0.1) is 23.0 Å². The smallest absolute Gasteiger partial charge is 0.201 e. The maximum Gasteiger partial charge on any atom is 0.201 e. The Bertz CT molecular complexity index is 1510. The average molecular weight is 478 g/mol. The number of fused-ring (bicyclic) bond motifs is 2. The lowest BCUT2D eigenvalue weighted by Gasteiger charge is -2.11. The summed E-state index contributed by atoms with van der Waals surface area (Å²) in [6.07, 6.45) is 6.00. The number of aromatic amines is 1. The van der Waals surface area contributed by atoms with Gasteiger partial charge in [-0.3, -0.25) is 4.79 Å². The minimum atomic E-state index is -0.901. The highest BCUT2D eigenvalue weighted by Gasteiger charge is 2.24. The summed E-state index contributed by atoms with van der Waals surface area (Å²) in [7, 11) is 0. The van der Waals surface area contributed by atoms with E-state index in [1.165, 1.54) is 12.3 Å². The van der Waals surface area contributed by atoms with Gasteiger partial charge in [-0.1, -0.05) is 25.8 Å². The number of nitrogens with one attached hydrogen (secondary N) is 2. The van der Waals surface area contributed by atoms with Gasteiger partial charge in [0.15, 0.2) is 5.82 Å². The first-order chi connectivity index (χ1) is 16.6. The standard InChI is InChI=1S/C25H21F2N5OS/c1-2-3-4-9-28-20-8-6-18(26)22(23(20)27)24(33)17-13-30-25-16(17)10-15(12-29-25)14-5-7-19-21(11-14)32-34-31-19/h5-8,10-13,28H,2-4,9H2,1H3,(H,29,30). The zero-order chi connectivity index (χ0) is 23.7. The second-order valence-electron chi connectivity index (χ2n) is 8.04. The van der Waals surface area contributed by atoms with Crippen molar-refractivity contribution in [2.24, 2.45) is 0 Å². The Hall–Kier alpha value is -3.72. The van der Waals surface area contributed by atoms with Crippen LogP contribution in [0.25, 0.3) is 33.2 Å². The molecule has 5 rings (SSSR count). The van der Waals surface area contributed by atoms with Gasteiger partial charge in [-0.15, -0.1) is 0 Å². The Balaban J connectivity index is 1.52. The van der Waals surface area contributed by atoms with Crippen LogP contribution in [0, 0.1) is 11.6 Å². The van der Waals surface area contributed by atoms with Crippen LogP contribution in [0.5, 0.6) is 0 Å². The predicted octanol–water partition coefficient (Wildman–Crippen LogP) is 6.35. The predicted molar refractivity (Wildman–Crippen MR) is 130 cm³/mol. The highest BCUT2D eigenvalue weighted by Crippen LogP contribution is 2.30. The Labute approximate surface area is 198 Å². The molecule has 0 bridgehead atoms. The van der Waals surface area contributed by atoms with Crippen molar-refractivity contribution in [2.75, 3.05) is 11.9 Å². The van der Waals surface area contributed by atoms with E-state index < -0.39 is 23.0 Å². The number of anilines is 1. The third kappa shape index (κ3) is 4.03. The Morgan fingerprint density at radius 2 is 1.91 bits per heavy atom. The third-order valence-electron chi connectivity index (χ3n) is 5.78. The van der Waals surface area contributed by atoms with Gasteiger partial charge in [0.1, 0.15) is 22.5 Å². The molecule has 2 aromatic carbocycles. The molecule has 0 unspecified atom stereocenters. The summed E-state index contributed by atoms with van der Waals surface area (Å²) in [6.45, 7) is 2.62. The number of pyridine rings is 1. The van der Waals surface area contributed by atoms with Crippen LogP contribution in [0.3, 0.4) is 0 Å². The number of ketones is 1. The highest BCUT2D eigenvalue weighted by molar-refractivity contribution is 7.00. The van der Waals surface area contributed by atoms with Crippen molar-refractivity contribution >= 4 is 45.3 Å².